The Morgan fingerprint density at radius 3 is 2.86 bits per heavy atom. The number of nitrogens with zero attached hydrogens (tertiary/aromatic N) is 2. The van der Waals surface area contributed by atoms with Crippen LogP contribution in [0.5, 0.6) is 0 Å². The summed E-state index contributed by atoms with van der Waals surface area (Å²) in [4.78, 5) is 11.9. The zero-order valence-electron chi connectivity index (χ0n) is 13.4. The Kier molecular flexibility index (Phi) is 6.36. The SMILES string of the molecule is CCCNC1CCCCCC1Sc1n[nH]c(=O)n1C(C)C. The van der Waals surface area contributed by atoms with E-state index in [0.29, 0.717) is 11.3 Å². The molecule has 0 aliphatic heterocycles. The van der Waals surface area contributed by atoms with Gasteiger partial charge in [0.1, 0.15) is 0 Å². The molecule has 6 heteroatoms. The van der Waals surface area contributed by atoms with Crippen molar-refractivity contribution in [2.45, 2.75) is 81.8 Å². The molecule has 2 rings (SSSR count). The molecular formula is C15H28N4OS. The van der Waals surface area contributed by atoms with Crippen molar-refractivity contribution in [3.63, 3.8) is 0 Å². The summed E-state index contributed by atoms with van der Waals surface area (Å²) in [6, 6.07) is 0.677. The third-order valence-corrected chi connectivity index (χ3v) is 5.42. The minimum atomic E-state index is -0.0980. The van der Waals surface area contributed by atoms with Crippen LogP contribution in [-0.4, -0.2) is 32.6 Å². The van der Waals surface area contributed by atoms with E-state index in [1.54, 1.807) is 16.3 Å². The van der Waals surface area contributed by atoms with Gasteiger partial charge in [-0.3, -0.25) is 4.57 Å². The first-order valence-corrected chi connectivity index (χ1v) is 9.08. The molecule has 0 saturated heterocycles. The molecule has 0 bridgehead atoms. The van der Waals surface area contributed by atoms with Crippen molar-refractivity contribution in [2.24, 2.45) is 0 Å². The van der Waals surface area contributed by atoms with Gasteiger partial charge in [-0.15, -0.1) is 5.10 Å². The van der Waals surface area contributed by atoms with Gasteiger partial charge in [-0.05, 0) is 39.7 Å². The highest BCUT2D eigenvalue weighted by Crippen LogP contribution is 2.32. The second-order valence-corrected chi connectivity index (χ2v) is 7.34. The summed E-state index contributed by atoms with van der Waals surface area (Å²) in [5, 5.41) is 11.9. The van der Waals surface area contributed by atoms with Gasteiger partial charge in [-0.25, -0.2) is 9.89 Å². The fourth-order valence-corrected chi connectivity index (χ4v) is 4.40. The van der Waals surface area contributed by atoms with Gasteiger partial charge in [0.25, 0.3) is 0 Å². The first-order chi connectivity index (χ1) is 10.1. The number of aromatic nitrogens is 3. The maximum Gasteiger partial charge on any atom is 0.344 e. The first kappa shape index (κ1) is 16.6. The number of thioether (sulfide) groups is 1. The molecule has 120 valence electrons. The number of hydrogen-bond donors (Lipinski definition) is 2. The first-order valence-electron chi connectivity index (χ1n) is 8.20. The Morgan fingerprint density at radius 1 is 1.38 bits per heavy atom. The number of hydrogen-bond acceptors (Lipinski definition) is 4. The van der Waals surface area contributed by atoms with Crippen LogP contribution in [0.4, 0.5) is 0 Å². The van der Waals surface area contributed by atoms with Crippen LogP contribution in [0.3, 0.4) is 0 Å². The minimum absolute atomic E-state index is 0.0980. The Labute approximate surface area is 131 Å². The third-order valence-electron chi connectivity index (χ3n) is 4.05. The van der Waals surface area contributed by atoms with Crippen LogP contribution in [0.15, 0.2) is 9.95 Å². The van der Waals surface area contributed by atoms with Crippen LogP contribution in [0, 0.1) is 0 Å². The molecule has 0 spiro atoms. The lowest BCUT2D eigenvalue weighted by Gasteiger charge is -2.25. The molecule has 1 aliphatic carbocycles. The summed E-state index contributed by atoms with van der Waals surface area (Å²) < 4.78 is 1.77. The van der Waals surface area contributed by atoms with Gasteiger partial charge in [0.2, 0.25) is 0 Å². The molecule has 2 N–H and O–H groups in total. The van der Waals surface area contributed by atoms with Gasteiger partial charge in [0, 0.05) is 17.3 Å². The highest BCUT2D eigenvalue weighted by Gasteiger charge is 2.26. The van der Waals surface area contributed by atoms with Gasteiger partial charge < -0.3 is 5.32 Å². The molecule has 0 aromatic carbocycles. The predicted octanol–water partition coefficient (Wildman–Crippen LogP) is 2.95. The van der Waals surface area contributed by atoms with E-state index in [4.69, 9.17) is 0 Å². The molecule has 1 aromatic heterocycles. The summed E-state index contributed by atoms with van der Waals surface area (Å²) >= 11 is 1.77. The number of aromatic amines is 1. The molecule has 0 amide bonds. The average Bonchev–Trinajstić information content (AvgIpc) is 2.67. The molecule has 1 aliphatic rings. The fraction of sp³-hybridized carbons (Fsp3) is 0.867. The lowest BCUT2D eigenvalue weighted by atomic mass is 10.1. The Hall–Kier alpha value is -0.750. The third kappa shape index (κ3) is 4.36. The maximum absolute atomic E-state index is 11.9. The summed E-state index contributed by atoms with van der Waals surface area (Å²) in [5.74, 6) is 0. The quantitative estimate of drug-likeness (QED) is 0.793. The van der Waals surface area contributed by atoms with Crippen molar-refractivity contribution in [3.8, 4) is 0 Å². The Bertz CT molecular complexity index is 482. The van der Waals surface area contributed by atoms with Gasteiger partial charge in [0.05, 0.1) is 0 Å². The summed E-state index contributed by atoms with van der Waals surface area (Å²) in [7, 11) is 0. The highest BCUT2D eigenvalue weighted by atomic mass is 32.2. The predicted molar refractivity (Wildman–Crippen MR) is 88.0 cm³/mol. The second kappa shape index (κ2) is 8.03. The van der Waals surface area contributed by atoms with Crippen molar-refractivity contribution in [3.05, 3.63) is 10.5 Å². The minimum Gasteiger partial charge on any atom is -0.313 e. The molecule has 21 heavy (non-hydrogen) atoms. The van der Waals surface area contributed by atoms with E-state index in [-0.39, 0.29) is 11.7 Å². The van der Waals surface area contributed by atoms with Crippen molar-refractivity contribution in [2.75, 3.05) is 6.54 Å². The topological polar surface area (TPSA) is 62.7 Å². The van der Waals surface area contributed by atoms with Crippen molar-refractivity contribution >= 4 is 11.8 Å². The molecule has 5 nitrogen and oxygen atoms in total. The van der Waals surface area contributed by atoms with Crippen molar-refractivity contribution in [1.29, 1.82) is 0 Å². The zero-order valence-corrected chi connectivity index (χ0v) is 14.2. The van der Waals surface area contributed by atoms with Crippen molar-refractivity contribution < 1.29 is 0 Å². The Balaban J connectivity index is 2.12. The molecule has 2 atom stereocenters. The van der Waals surface area contributed by atoms with E-state index in [1.165, 1.54) is 32.1 Å². The van der Waals surface area contributed by atoms with Crippen LogP contribution in [0.1, 0.15) is 65.3 Å². The molecule has 1 aromatic rings. The van der Waals surface area contributed by atoms with Crippen LogP contribution in [0.25, 0.3) is 0 Å². The lowest BCUT2D eigenvalue weighted by Crippen LogP contribution is -2.38. The van der Waals surface area contributed by atoms with E-state index in [2.05, 4.69) is 22.4 Å². The van der Waals surface area contributed by atoms with Crippen LogP contribution < -0.4 is 11.0 Å². The van der Waals surface area contributed by atoms with E-state index < -0.39 is 0 Å². The van der Waals surface area contributed by atoms with E-state index in [1.807, 2.05) is 13.8 Å². The summed E-state index contributed by atoms with van der Waals surface area (Å²) in [6.45, 7) is 7.33. The van der Waals surface area contributed by atoms with E-state index in [9.17, 15) is 4.79 Å². The monoisotopic (exact) mass is 312 g/mol. The van der Waals surface area contributed by atoms with E-state index >= 15 is 0 Å². The normalized spacial score (nSPS) is 23.4. The number of nitrogens with one attached hydrogen (secondary N) is 2. The highest BCUT2D eigenvalue weighted by molar-refractivity contribution is 7.99. The molecule has 1 heterocycles. The molecule has 0 radical (unpaired) electrons. The molecule has 1 fully saturated rings. The molecule has 1 saturated carbocycles. The second-order valence-electron chi connectivity index (χ2n) is 6.13. The Morgan fingerprint density at radius 2 is 2.14 bits per heavy atom. The number of rotatable bonds is 6. The van der Waals surface area contributed by atoms with Crippen LogP contribution in [-0.2, 0) is 0 Å². The largest absolute Gasteiger partial charge is 0.344 e. The standard InChI is InChI=1S/C15H28N4OS/c1-4-10-16-12-8-6-5-7-9-13(12)21-15-18-17-14(20)19(15)11(2)3/h11-13,16H,4-10H2,1-3H3,(H,17,20). The number of H-pyrrole nitrogens is 1. The van der Waals surface area contributed by atoms with Crippen LogP contribution >= 0.6 is 11.8 Å². The maximum atomic E-state index is 11.9. The van der Waals surface area contributed by atoms with Gasteiger partial charge >= 0.3 is 5.69 Å². The lowest BCUT2D eigenvalue weighted by molar-refractivity contribution is 0.467. The van der Waals surface area contributed by atoms with Gasteiger partial charge in [0.15, 0.2) is 5.16 Å². The van der Waals surface area contributed by atoms with E-state index in [0.717, 1.165) is 18.1 Å². The van der Waals surface area contributed by atoms with Gasteiger partial charge in [-0.1, -0.05) is 37.9 Å². The summed E-state index contributed by atoms with van der Waals surface area (Å²) in [6.07, 6.45) is 7.49. The van der Waals surface area contributed by atoms with Crippen molar-refractivity contribution in [1.82, 2.24) is 20.1 Å². The fourth-order valence-electron chi connectivity index (χ4n) is 2.94. The smallest absolute Gasteiger partial charge is 0.313 e. The molecule has 2 unspecified atom stereocenters. The average molecular weight is 312 g/mol. The van der Waals surface area contributed by atoms with Gasteiger partial charge in [-0.2, -0.15) is 0 Å². The van der Waals surface area contributed by atoms with Crippen LogP contribution in [0.2, 0.25) is 0 Å². The summed E-state index contributed by atoms with van der Waals surface area (Å²) in [5.41, 5.74) is -0.0980. The molecular weight excluding hydrogens is 284 g/mol. The zero-order chi connectivity index (χ0) is 15.2.